The Hall–Kier alpha value is -1.37. The predicted octanol–water partition coefficient (Wildman–Crippen LogP) is 0.0180. The summed E-state index contributed by atoms with van der Waals surface area (Å²) in [5.41, 5.74) is 0. The molecule has 1 aliphatic heterocycles. The van der Waals surface area contributed by atoms with E-state index >= 15 is 0 Å². The van der Waals surface area contributed by atoms with Crippen LogP contribution in [0, 0.1) is 0 Å². The molecule has 2 heterocycles. The van der Waals surface area contributed by atoms with Crippen LogP contribution in [0.4, 0.5) is 4.79 Å². The Bertz CT molecular complexity index is 466. The van der Waals surface area contributed by atoms with Crippen molar-refractivity contribution >= 4 is 15.9 Å². The summed E-state index contributed by atoms with van der Waals surface area (Å²) in [6, 6.07) is -0.348. The van der Waals surface area contributed by atoms with Gasteiger partial charge in [0.2, 0.25) is 0 Å². The van der Waals surface area contributed by atoms with E-state index in [-0.39, 0.29) is 18.3 Å². The fraction of sp³-hybridized carbons (Fsp3) is 0.556. The van der Waals surface area contributed by atoms with Gasteiger partial charge in [0, 0.05) is 18.9 Å². The van der Waals surface area contributed by atoms with Crippen molar-refractivity contribution in [3.8, 4) is 0 Å². The minimum Gasteiger partial charge on any atom is -0.336 e. The molecular weight excluding hydrogens is 230 g/mol. The van der Waals surface area contributed by atoms with Crippen LogP contribution in [0.25, 0.3) is 0 Å². The summed E-state index contributed by atoms with van der Waals surface area (Å²) in [6.45, 7) is 0.180. The number of amides is 1. The Morgan fingerprint density at radius 2 is 2.38 bits per heavy atom. The number of imidazole rings is 1. The van der Waals surface area contributed by atoms with E-state index in [4.69, 9.17) is 0 Å². The van der Waals surface area contributed by atoms with Crippen LogP contribution in [-0.4, -0.2) is 41.5 Å². The average Bonchev–Trinajstić information content (AvgIpc) is 2.83. The molecule has 0 spiro atoms. The lowest BCUT2D eigenvalue weighted by molar-refractivity contribution is 0.242. The smallest absolute Gasteiger partial charge is 0.326 e. The van der Waals surface area contributed by atoms with Gasteiger partial charge < -0.3 is 5.32 Å². The normalized spacial score (nSPS) is 23.1. The highest BCUT2D eigenvalue weighted by Crippen LogP contribution is 2.18. The highest BCUT2D eigenvalue weighted by Gasteiger charge is 2.31. The van der Waals surface area contributed by atoms with Crippen LogP contribution in [0.3, 0.4) is 0 Å². The Morgan fingerprint density at radius 3 is 2.94 bits per heavy atom. The van der Waals surface area contributed by atoms with Crippen molar-refractivity contribution in [2.75, 3.05) is 12.3 Å². The lowest BCUT2D eigenvalue weighted by Gasteiger charge is -2.10. The molecule has 88 valence electrons. The molecule has 16 heavy (non-hydrogen) atoms. The summed E-state index contributed by atoms with van der Waals surface area (Å²) >= 11 is 0. The molecule has 2 rings (SSSR count). The molecule has 1 N–H and O–H groups in total. The van der Waals surface area contributed by atoms with Crippen LogP contribution >= 0.6 is 0 Å². The maximum atomic E-state index is 11.5. The van der Waals surface area contributed by atoms with Crippen molar-refractivity contribution < 1.29 is 13.2 Å². The molecule has 1 atom stereocenters. The number of rotatable bonds is 2. The largest absolute Gasteiger partial charge is 0.336 e. The zero-order valence-corrected chi connectivity index (χ0v) is 9.48. The monoisotopic (exact) mass is 243 g/mol. The standard InChI is InChI=1S/C9H13N3O3S/c13-9(12-4-3-10-7-12)11-6-8-2-1-5-16(8,14)15/h3-4,7-8H,1-2,5-6H2,(H,11,13). The Morgan fingerprint density at radius 1 is 1.56 bits per heavy atom. The van der Waals surface area contributed by atoms with Gasteiger partial charge in [-0.1, -0.05) is 0 Å². The molecule has 0 aliphatic carbocycles. The number of nitrogens with zero attached hydrogens (tertiary/aromatic N) is 2. The molecule has 1 aromatic rings. The second kappa shape index (κ2) is 4.25. The molecule has 1 aromatic heterocycles. The van der Waals surface area contributed by atoms with Gasteiger partial charge in [-0.25, -0.2) is 18.2 Å². The van der Waals surface area contributed by atoms with E-state index in [1.165, 1.54) is 23.3 Å². The number of nitrogens with one attached hydrogen (secondary N) is 1. The molecule has 0 bridgehead atoms. The Kier molecular flexibility index (Phi) is 2.95. The van der Waals surface area contributed by atoms with Gasteiger partial charge in [-0.2, -0.15) is 0 Å². The van der Waals surface area contributed by atoms with Crippen molar-refractivity contribution in [3.05, 3.63) is 18.7 Å². The number of hydrogen-bond acceptors (Lipinski definition) is 4. The summed E-state index contributed by atoms with van der Waals surface area (Å²) in [6.07, 6.45) is 5.70. The highest BCUT2D eigenvalue weighted by molar-refractivity contribution is 7.92. The molecule has 0 saturated carbocycles. The van der Waals surface area contributed by atoms with Crippen molar-refractivity contribution in [2.24, 2.45) is 0 Å². The third-order valence-electron chi connectivity index (χ3n) is 2.68. The van der Waals surface area contributed by atoms with Gasteiger partial charge in [0.05, 0.1) is 11.0 Å². The van der Waals surface area contributed by atoms with Gasteiger partial charge >= 0.3 is 6.03 Å². The maximum absolute atomic E-state index is 11.5. The SMILES string of the molecule is O=C(NCC1CCCS1(=O)=O)n1ccnc1. The van der Waals surface area contributed by atoms with Crippen molar-refractivity contribution in [1.82, 2.24) is 14.9 Å². The van der Waals surface area contributed by atoms with Gasteiger partial charge in [-0.3, -0.25) is 4.57 Å². The second-order valence-electron chi connectivity index (χ2n) is 3.79. The third-order valence-corrected chi connectivity index (χ3v) is 4.96. The zero-order chi connectivity index (χ0) is 11.6. The van der Waals surface area contributed by atoms with Gasteiger partial charge in [-0.05, 0) is 12.8 Å². The predicted molar refractivity (Wildman–Crippen MR) is 57.8 cm³/mol. The Balaban J connectivity index is 1.91. The molecule has 0 radical (unpaired) electrons. The van der Waals surface area contributed by atoms with E-state index in [2.05, 4.69) is 10.3 Å². The van der Waals surface area contributed by atoms with E-state index in [9.17, 15) is 13.2 Å². The number of aromatic nitrogens is 2. The first-order valence-corrected chi connectivity index (χ1v) is 6.79. The first-order chi connectivity index (χ1) is 7.59. The summed E-state index contributed by atoms with van der Waals surface area (Å²) in [7, 11) is -2.99. The lowest BCUT2D eigenvalue weighted by atomic mass is 10.2. The maximum Gasteiger partial charge on any atom is 0.326 e. The zero-order valence-electron chi connectivity index (χ0n) is 8.67. The number of hydrogen-bond donors (Lipinski definition) is 1. The van der Waals surface area contributed by atoms with E-state index in [0.717, 1.165) is 0 Å². The molecule has 1 amide bonds. The molecule has 1 saturated heterocycles. The van der Waals surface area contributed by atoms with Gasteiger partial charge in [0.1, 0.15) is 6.33 Å². The second-order valence-corrected chi connectivity index (χ2v) is 6.19. The first kappa shape index (κ1) is 11.1. The summed E-state index contributed by atoms with van der Waals surface area (Å²) in [5, 5.41) is 2.16. The highest BCUT2D eigenvalue weighted by atomic mass is 32.2. The molecule has 7 heteroatoms. The number of carbonyl (C=O) groups is 1. The minimum absolute atomic E-state index is 0.180. The lowest BCUT2D eigenvalue weighted by Crippen LogP contribution is -2.36. The van der Waals surface area contributed by atoms with Gasteiger partial charge in [0.25, 0.3) is 0 Å². The fourth-order valence-electron chi connectivity index (χ4n) is 1.76. The van der Waals surface area contributed by atoms with Crippen LogP contribution in [-0.2, 0) is 9.84 Å². The van der Waals surface area contributed by atoms with Crippen LogP contribution < -0.4 is 5.32 Å². The number of sulfone groups is 1. The summed E-state index contributed by atoms with van der Waals surface area (Å²) in [4.78, 5) is 15.2. The van der Waals surface area contributed by atoms with Gasteiger partial charge in [0.15, 0.2) is 9.84 Å². The minimum atomic E-state index is -2.99. The molecule has 1 unspecified atom stereocenters. The van der Waals surface area contributed by atoms with E-state index in [1.54, 1.807) is 0 Å². The Labute approximate surface area is 93.6 Å². The first-order valence-electron chi connectivity index (χ1n) is 5.07. The average molecular weight is 243 g/mol. The van der Waals surface area contributed by atoms with Gasteiger partial charge in [-0.15, -0.1) is 0 Å². The molecule has 1 aliphatic rings. The molecule has 6 nitrogen and oxygen atoms in total. The molecule has 1 fully saturated rings. The summed E-state index contributed by atoms with van der Waals surface area (Å²) < 4.78 is 24.3. The summed E-state index contributed by atoms with van der Waals surface area (Å²) in [5.74, 6) is 0.235. The molecular formula is C9H13N3O3S. The quantitative estimate of drug-likeness (QED) is 0.794. The van der Waals surface area contributed by atoms with Crippen molar-refractivity contribution in [3.63, 3.8) is 0 Å². The topological polar surface area (TPSA) is 81.1 Å². The van der Waals surface area contributed by atoms with E-state index in [1.807, 2.05) is 0 Å². The third kappa shape index (κ3) is 2.24. The molecule has 0 aromatic carbocycles. The van der Waals surface area contributed by atoms with Crippen LogP contribution in [0.5, 0.6) is 0 Å². The van der Waals surface area contributed by atoms with E-state index in [0.29, 0.717) is 12.8 Å². The van der Waals surface area contributed by atoms with Crippen LogP contribution in [0.2, 0.25) is 0 Å². The van der Waals surface area contributed by atoms with Crippen LogP contribution in [0.1, 0.15) is 12.8 Å². The fourth-order valence-corrected chi connectivity index (χ4v) is 3.52. The van der Waals surface area contributed by atoms with Crippen LogP contribution in [0.15, 0.2) is 18.7 Å². The van der Waals surface area contributed by atoms with E-state index < -0.39 is 15.1 Å². The number of carbonyl (C=O) groups excluding carboxylic acids is 1. The van der Waals surface area contributed by atoms with Crippen molar-refractivity contribution in [2.45, 2.75) is 18.1 Å². The van der Waals surface area contributed by atoms with Crippen molar-refractivity contribution in [1.29, 1.82) is 0 Å².